The van der Waals surface area contributed by atoms with Crippen molar-refractivity contribution in [1.29, 1.82) is 0 Å². The summed E-state index contributed by atoms with van der Waals surface area (Å²) in [5, 5.41) is 13.0. The zero-order chi connectivity index (χ0) is 37.3. The summed E-state index contributed by atoms with van der Waals surface area (Å²) in [4.78, 5) is 52.0. The fraction of sp³-hybridized carbons (Fsp3) is 0.300. The van der Waals surface area contributed by atoms with Crippen LogP contribution in [-0.4, -0.2) is 84.0 Å². The number of hydrogen-bond acceptors (Lipinski definition) is 5. The molecule has 0 aliphatic carbocycles. The van der Waals surface area contributed by atoms with Gasteiger partial charge < -0.3 is 25.5 Å². The van der Waals surface area contributed by atoms with Gasteiger partial charge in [0.25, 0.3) is 11.8 Å². The van der Waals surface area contributed by atoms with Crippen molar-refractivity contribution in [3.8, 4) is 11.1 Å². The fourth-order valence-corrected chi connectivity index (χ4v) is 5.72. The molecule has 5 rings (SSSR count). The van der Waals surface area contributed by atoms with E-state index in [0.717, 1.165) is 49.2 Å². The first-order valence-electron chi connectivity index (χ1n) is 17.1. The lowest BCUT2D eigenvalue weighted by molar-refractivity contribution is -0.192. The summed E-state index contributed by atoms with van der Waals surface area (Å²) in [5.74, 6) is -3.23. The SMILES string of the molecule is O=C(NCCN1CCCC1)c1cccc(-c2cccc(CN(CCCc3ccccc3)C(=O)CNC(=O)c3ccccc3)c2)c1.O=C(O)C(F)(F)F. The molecule has 1 aliphatic heterocycles. The Morgan fingerprint density at radius 1 is 0.712 bits per heavy atom. The molecular formula is C40H43F3N4O5. The molecule has 0 unspecified atom stereocenters. The molecule has 0 atom stereocenters. The summed E-state index contributed by atoms with van der Waals surface area (Å²) in [6.07, 6.45) is -0.954. The normalized spacial score (nSPS) is 12.7. The van der Waals surface area contributed by atoms with E-state index in [0.29, 0.717) is 30.8 Å². The van der Waals surface area contributed by atoms with E-state index >= 15 is 0 Å². The molecule has 0 radical (unpaired) electrons. The van der Waals surface area contributed by atoms with Gasteiger partial charge in [-0.25, -0.2) is 4.79 Å². The second-order valence-electron chi connectivity index (χ2n) is 12.3. The van der Waals surface area contributed by atoms with E-state index in [1.165, 1.54) is 18.4 Å². The lowest BCUT2D eigenvalue weighted by Gasteiger charge is -2.24. The molecule has 4 aromatic carbocycles. The van der Waals surface area contributed by atoms with E-state index in [-0.39, 0.29) is 24.3 Å². The Balaban J connectivity index is 0.000000785. The third-order valence-corrected chi connectivity index (χ3v) is 8.44. The molecule has 0 bridgehead atoms. The number of carboxylic acid groups (broad SMARTS) is 1. The van der Waals surface area contributed by atoms with Gasteiger partial charge in [0.1, 0.15) is 0 Å². The van der Waals surface area contributed by atoms with Gasteiger partial charge in [-0.2, -0.15) is 13.2 Å². The van der Waals surface area contributed by atoms with Crippen LogP contribution in [0.25, 0.3) is 11.1 Å². The highest BCUT2D eigenvalue weighted by Crippen LogP contribution is 2.23. The predicted molar refractivity (Wildman–Crippen MR) is 193 cm³/mol. The van der Waals surface area contributed by atoms with Crippen molar-refractivity contribution in [2.75, 3.05) is 39.3 Å². The van der Waals surface area contributed by atoms with Crippen LogP contribution in [-0.2, 0) is 22.6 Å². The topological polar surface area (TPSA) is 119 Å². The molecule has 1 aliphatic rings. The standard InChI is InChI=1S/C38H42N4O3.C2HF3O2/c43-36(28-40-37(44)32-16-5-2-6-17-32)42(24-11-15-30-12-3-1-4-13-30)29-31-14-9-18-33(26-31)34-19-10-20-35(27-34)38(45)39-21-25-41-22-7-8-23-41;3-2(4,5)1(6)7/h1-6,9-10,12-14,16-20,26-27H,7-8,11,15,21-25,28-29H2,(H,39,45)(H,40,44);(H,6,7). The van der Waals surface area contributed by atoms with E-state index in [1.54, 1.807) is 24.3 Å². The summed E-state index contributed by atoms with van der Waals surface area (Å²) in [6.45, 7) is 4.64. The number of amides is 3. The van der Waals surface area contributed by atoms with Crippen molar-refractivity contribution < 1.29 is 37.5 Å². The smallest absolute Gasteiger partial charge is 0.475 e. The van der Waals surface area contributed by atoms with Crippen molar-refractivity contribution in [3.63, 3.8) is 0 Å². The van der Waals surface area contributed by atoms with Crippen molar-refractivity contribution in [2.45, 2.75) is 38.4 Å². The number of alkyl halides is 3. The molecule has 1 saturated heterocycles. The van der Waals surface area contributed by atoms with Gasteiger partial charge in [-0.3, -0.25) is 14.4 Å². The average molecular weight is 717 g/mol. The van der Waals surface area contributed by atoms with Crippen LogP contribution in [0, 0.1) is 0 Å². The molecule has 4 aromatic rings. The Hall–Kier alpha value is -5.49. The number of nitrogens with one attached hydrogen (secondary N) is 2. The van der Waals surface area contributed by atoms with Crippen LogP contribution in [0.15, 0.2) is 109 Å². The second-order valence-corrected chi connectivity index (χ2v) is 12.3. The number of aliphatic carboxylic acids is 1. The largest absolute Gasteiger partial charge is 0.490 e. The number of carbonyl (C=O) groups excluding carboxylic acids is 3. The molecule has 9 nitrogen and oxygen atoms in total. The number of hydrogen-bond donors (Lipinski definition) is 3. The van der Waals surface area contributed by atoms with Gasteiger partial charge in [0, 0.05) is 37.3 Å². The molecular weight excluding hydrogens is 673 g/mol. The van der Waals surface area contributed by atoms with Gasteiger partial charge >= 0.3 is 12.1 Å². The number of rotatable bonds is 14. The minimum Gasteiger partial charge on any atom is -0.475 e. The Labute approximate surface area is 301 Å². The number of halogens is 3. The number of likely N-dealkylation sites (tertiary alicyclic amines) is 1. The minimum absolute atomic E-state index is 0.0695. The third kappa shape index (κ3) is 13.0. The first-order valence-corrected chi connectivity index (χ1v) is 17.1. The lowest BCUT2D eigenvalue weighted by Crippen LogP contribution is -2.40. The van der Waals surface area contributed by atoms with Gasteiger partial charge in [0.2, 0.25) is 5.91 Å². The zero-order valence-electron chi connectivity index (χ0n) is 28.8. The first kappa shape index (κ1) is 39.3. The summed E-state index contributed by atoms with van der Waals surface area (Å²) >= 11 is 0. The Kier molecular flexibility index (Phi) is 15.0. The van der Waals surface area contributed by atoms with Gasteiger partial charge in [-0.1, -0.05) is 78.9 Å². The minimum atomic E-state index is -5.08. The van der Waals surface area contributed by atoms with Crippen LogP contribution in [0.2, 0.25) is 0 Å². The number of nitrogens with zero attached hydrogens (tertiary/aromatic N) is 2. The molecule has 3 N–H and O–H groups in total. The highest BCUT2D eigenvalue weighted by atomic mass is 19.4. The summed E-state index contributed by atoms with van der Waals surface area (Å²) < 4.78 is 31.7. The van der Waals surface area contributed by atoms with Gasteiger partial charge in [0.15, 0.2) is 0 Å². The van der Waals surface area contributed by atoms with Crippen LogP contribution in [0.1, 0.15) is 51.1 Å². The summed E-state index contributed by atoms with van der Waals surface area (Å²) in [6, 6.07) is 34.9. The highest BCUT2D eigenvalue weighted by Gasteiger charge is 2.38. The van der Waals surface area contributed by atoms with E-state index in [4.69, 9.17) is 9.90 Å². The second kappa shape index (κ2) is 19.8. The Morgan fingerprint density at radius 3 is 1.92 bits per heavy atom. The maximum Gasteiger partial charge on any atom is 0.490 e. The number of benzene rings is 4. The van der Waals surface area contributed by atoms with Crippen LogP contribution < -0.4 is 10.6 Å². The average Bonchev–Trinajstić information content (AvgIpc) is 3.68. The van der Waals surface area contributed by atoms with E-state index < -0.39 is 12.1 Å². The molecule has 274 valence electrons. The zero-order valence-corrected chi connectivity index (χ0v) is 28.8. The molecule has 1 heterocycles. The molecule has 0 spiro atoms. The van der Waals surface area contributed by atoms with Crippen molar-refractivity contribution in [1.82, 2.24) is 20.4 Å². The molecule has 12 heteroatoms. The van der Waals surface area contributed by atoms with Gasteiger partial charge in [-0.15, -0.1) is 0 Å². The molecule has 0 aromatic heterocycles. The van der Waals surface area contributed by atoms with Gasteiger partial charge in [0.05, 0.1) is 6.54 Å². The number of carbonyl (C=O) groups is 4. The molecule has 1 fully saturated rings. The monoisotopic (exact) mass is 716 g/mol. The maximum atomic E-state index is 13.4. The van der Waals surface area contributed by atoms with E-state index in [2.05, 4.69) is 33.7 Å². The van der Waals surface area contributed by atoms with E-state index in [9.17, 15) is 27.6 Å². The predicted octanol–water partition coefficient (Wildman–Crippen LogP) is 6.20. The fourth-order valence-electron chi connectivity index (χ4n) is 5.72. The van der Waals surface area contributed by atoms with Crippen molar-refractivity contribution >= 4 is 23.7 Å². The van der Waals surface area contributed by atoms with Crippen LogP contribution in [0.5, 0.6) is 0 Å². The summed E-state index contributed by atoms with van der Waals surface area (Å²) in [7, 11) is 0. The Morgan fingerprint density at radius 2 is 1.27 bits per heavy atom. The molecule has 3 amide bonds. The molecule has 0 saturated carbocycles. The van der Waals surface area contributed by atoms with Crippen molar-refractivity contribution in [2.24, 2.45) is 0 Å². The third-order valence-electron chi connectivity index (χ3n) is 8.44. The van der Waals surface area contributed by atoms with Crippen molar-refractivity contribution in [3.05, 3.63) is 131 Å². The Bertz CT molecular complexity index is 1760. The number of aryl methyl sites for hydroxylation is 1. The highest BCUT2D eigenvalue weighted by molar-refractivity contribution is 5.96. The quantitative estimate of drug-likeness (QED) is 0.143. The maximum absolute atomic E-state index is 13.4. The van der Waals surface area contributed by atoms with Crippen LogP contribution in [0.4, 0.5) is 13.2 Å². The van der Waals surface area contributed by atoms with E-state index in [1.807, 2.05) is 71.6 Å². The first-order chi connectivity index (χ1) is 25.0. The lowest BCUT2D eigenvalue weighted by atomic mass is 10.0. The van der Waals surface area contributed by atoms with Crippen LogP contribution in [0.3, 0.4) is 0 Å². The van der Waals surface area contributed by atoms with Crippen LogP contribution >= 0.6 is 0 Å². The van der Waals surface area contributed by atoms with Gasteiger partial charge in [-0.05, 0) is 91.4 Å². The molecule has 52 heavy (non-hydrogen) atoms. The summed E-state index contributed by atoms with van der Waals surface area (Å²) in [5.41, 5.74) is 5.29. The number of carboxylic acids is 1.